The molecule has 0 unspecified atom stereocenters. The maximum atomic E-state index is 11.2. The quantitative estimate of drug-likeness (QED) is 0.720. The van der Waals surface area contributed by atoms with Crippen LogP contribution in [0.1, 0.15) is 24.2 Å². The van der Waals surface area contributed by atoms with Crippen LogP contribution in [0.5, 0.6) is 11.5 Å². The number of rotatable bonds is 8. The smallest absolute Gasteiger partial charge is 0.221 e. The minimum Gasteiger partial charge on any atom is -0.491 e. The largest absolute Gasteiger partial charge is 0.491 e. The summed E-state index contributed by atoms with van der Waals surface area (Å²) in [6.07, 6.45) is -0.803. The maximum absolute atomic E-state index is 11.2. The van der Waals surface area contributed by atoms with E-state index < -0.39 is 6.10 Å². The van der Waals surface area contributed by atoms with Gasteiger partial charge in [-0.15, -0.1) is 0 Å². The maximum Gasteiger partial charge on any atom is 0.221 e. The van der Waals surface area contributed by atoms with Crippen LogP contribution < -0.4 is 14.8 Å². The lowest BCUT2D eigenvalue weighted by atomic mass is 10.1. The van der Waals surface area contributed by atoms with Gasteiger partial charge >= 0.3 is 0 Å². The summed E-state index contributed by atoms with van der Waals surface area (Å²) in [6, 6.07) is 13.6. The predicted octanol–water partition coefficient (Wildman–Crippen LogP) is 2.67. The molecule has 0 saturated carbocycles. The second kappa shape index (κ2) is 8.84. The van der Waals surface area contributed by atoms with Gasteiger partial charge in [0.15, 0.2) is 5.78 Å². The Morgan fingerprint density at radius 2 is 1.40 bits per heavy atom. The summed E-state index contributed by atoms with van der Waals surface area (Å²) in [5.41, 5.74) is 1.29. The van der Waals surface area contributed by atoms with Gasteiger partial charge in [0.05, 0.1) is 0 Å². The zero-order chi connectivity index (χ0) is 18.2. The zero-order valence-corrected chi connectivity index (χ0v) is 14.2. The lowest BCUT2D eigenvalue weighted by Crippen LogP contribution is -2.25. The number of hydrogen-bond acceptors (Lipinski definition) is 5. The van der Waals surface area contributed by atoms with E-state index in [1.165, 1.54) is 13.8 Å². The van der Waals surface area contributed by atoms with E-state index in [0.29, 0.717) is 22.7 Å². The van der Waals surface area contributed by atoms with Crippen molar-refractivity contribution in [2.24, 2.45) is 0 Å². The highest BCUT2D eigenvalue weighted by molar-refractivity contribution is 5.94. The summed E-state index contributed by atoms with van der Waals surface area (Å²) in [6.45, 7) is 3.09. The monoisotopic (exact) mass is 343 g/mol. The molecule has 25 heavy (non-hydrogen) atoms. The van der Waals surface area contributed by atoms with Gasteiger partial charge in [0.1, 0.15) is 30.8 Å². The Bertz CT molecular complexity index is 710. The third-order valence-electron chi connectivity index (χ3n) is 3.32. The van der Waals surface area contributed by atoms with Gasteiger partial charge in [-0.2, -0.15) is 0 Å². The molecule has 1 atom stereocenters. The van der Waals surface area contributed by atoms with Crippen molar-refractivity contribution in [3.05, 3.63) is 54.1 Å². The first kappa shape index (κ1) is 18.5. The van der Waals surface area contributed by atoms with E-state index in [0.717, 1.165) is 0 Å². The van der Waals surface area contributed by atoms with Crippen molar-refractivity contribution in [1.29, 1.82) is 0 Å². The topological polar surface area (TPSA) is 84.9 Å². The fourth-order valence-electron chi connectivity index (χ4n) is 2.06. The third-order valence-corrected chi connectivity index (χ3v) is 3.32. The molecular weight excluding hydrogens is 322 g/mol. The SMILES string of the molecule is CC(=O)Nc1ccc(OC[C@@H](O)COc2ccc(C(C)=O)cc2)cc1. The number of carbonyl (C=O) groups excluding carboxylic acids is 2. The van der Waals surface area contributed by atoms with Gasteiger partial charge in [-0.1, -0.05) is 0 Å². The number of ketones is 1. The molecule has 132 valence electrons. The molecule has 0 radical (unpaired) electrons. The van der Waals surface area contributed by atoms with E-state index >= 15 is 0 Å². The van der Waals surface area contributed by atoms with Crippen LogP contribution in [0.25, 0.3) is 0 Å². The molecule has 6 nitrogen and oxygen atoms in total. The highest BCUT2D eigenvalue weighted by atomic mass is 16.5. The molecular formula is C19H21NO5. The molecule has 1 amide bonds. The van der Waals surface area contributed by atoms with Crippen molar-refractivity contribution in [2.75, 3.05) is 18.5 Å². The van der Waals surface area contributed by atoms with Crippen LogP contribution in [0.4, 0.5) is 5.69 Å². The molecule has 0 fully saturated rings. The van der Waals surface area contributed by atoms with Crippen molar-refractivity contribution < 1.29 is 24.2 Å². The van der Waals surface area contributed by atoms with E-state index in [4.69, 9.17) is 9.47 Å². The molecule has 0 aromatic heterocycles. The number of aliphatic hydroxyl groups is 1. The van der Waals surface area contributed by atoms with Crippen LogP contribution in [0.2, 0.25) is 0 Å². The van der Waals surface area contributed by atoms with Gasteiger partial charge in [0.2, 0.25) is 5.91 Å². The normalized spacial score (nSPS) is 11.5. The molecule has 0 heterocycles. The summed E-state index contributed by atoms with van der Waals surface area (Å²) in [5.74, 6) is 1.00. The fraction of sp³-hybridized carbons (Fsp3) is 0.263. The number of anilines is 1. The van der Waals surface area contributed by atoms with E-state index in [2.05, 4.69) is 5.32 Å². The number of amides is 1. The summed E-state index contributed by atoms with van der Waals surface area (Å²) in [5, 5.41) is 12.6. The number of benzene rings is 2. The van der Waals surface area contributed by atoms with E-state index in [1.54, 1.807) is 48.5 Å². The molecule has 0 aliphatic carbocycles. The first-order chi connectivity index (χ1) is 11.9. The molecule has 2 N–H and O–H groups in total. The second-order valence-electron chi connectivity index (χ2n) is 5.56. The zero-order valence-electron chi connectivity index (χ0n) is 14.2. The molecule has 0 saturated heterocycles. The highest BCUT2D eigenvalue weighted by Gasteiger charge is 2.07. The van der Waals surface area contributed by atoms with E-state index in [-0.39, 0.29) is 24.9 Å². The molecule has 0 aliphatic heterocycles. The first-order valence-electron chi connectivity index (χ1n) is 7.86. The Kier molecular flexibility index (Phi) is 6.54. The lowest BCUT2D eigenvalue weighted by molar-refractivity contribution is -0.114. The average molecular weight is 343 g/mol. The fourth-order valence-corrected chi connectivity index (χ4v) is 2.06. The standard InChI is InChI=1S/C19H21NO5/c1-13(21)15-3-7-18(8-4-15)24-11-17(23)12-25-19-9-5-16(6-10-19)20-14(2)22/h3-10,17,23H,11-12H2,1-2H3,(H,20,22)/t17-/m0/s1. The predicted molar refractivity (Wildman–Crippen MR) is 94.2 cm³/mol. The first-order valence-corrected chi connectivity index (χ1v) is 7.86. The summed E-state index contributed by atoms with van der Waals surface area (Å²) >= 11 is 0. The van der Waals surface area contributed by atoms with Crippen molar-refractivity contribution >= 4 is 17.4 Å². The van der Waals surface area contributed by atoms with Crippen LogP contribution >= 0.6 is 0 Å². The Balaban J connectivity index is 1.75. The second-order valence-corrected chi connectivity index (χ2v) is 5.56. The number of carbonyl (C=O) groups is 2. The summed E-state index contributed by atoms with van der Waals surface area (Å²) in [4.78, 5) is 22.1. The molecule has 2 aromatic carbocycles. The van der Waals surface area contributed by atoms with Gasteiger partial charge in [0.25, 0.3) is 0 Å². The van der Waals surface area contributed by atoms with Gasteiger partial charge in [0, 0.05) is 18.2 Å². The minimum absolute atomic E-state index is 0.00972. The summed E-state index contributed by atoms with van der Waals surface area (Å²) in [7, 11) is 0. The van der Waals surface area contributed by atoms with Gasteiger partial charge in [-0.05, 0) is 55.5 Å². The Labute approximate surface area is 146 Å². The van der Waals surface area contributed by atoms with E-state index in [1.807, 2.05) is 0 Å². The molecule has 0 spiro atoms. The van der Waals surface area contributed by atoms with Crippen LogP contribution in [0.15, 0.2) is 48.5 Å². The third kappa shape index (κ3) is 6.27. The van der Waals surface area contributed by atoms with Crippen LogP contribution in [-0.2, 0) is 4.79 Å². The minimum atomic E-state index is -0.803. The van der Waals surface area contributed by atoms with Gasteiger partial charge in [-0.3, -0.25) is 9.59 Å². The highest BCUT2D eigenvalue weighted by Crippen LogP contribution is 2.16. The van der Waals surface area contributed by atoms with Crippen molar-refractivity contribution in [3.63, 3.8) is 0 Å². The van der Waals surface area contributed by atoms with Crippen molar-refractivity contribution in [1.82, 2.24) is 0 Å². The number of hydrogen-bond donors (Lipinski definition) is 2. The molecule has 0 bridgehead atoms. The van der Waals surface area contributed by atoms with Crippen molar-refractivity contribution in [3.8, 4) is 11.5 Å². The Morgan fingerprint density at radius 3 is 1.84 bits per heavy atom. The Hall–Kier alpha value is -2.86. The molecule has 2 aromatic rings. The lowest BCUT2D eigenvalue weighted by Gasteiger charge is -2.14. The molecule has 6 heteroatoms. The van der Waals surface area contributed by atoms with Crippen LogP contribution in [-0.4, -0.2) is 36.1 Å². The van der Waals surface area contributed by atoms with Gasteiger partial charge in [-0.25, -0.2) is 0 Å². The number of ether oxygens (including phenoxy) is 2. The molecule has 0 aliphatic rings. The van der Waals surface area contributed by atoms with Crippen LogP contribution in [0, 0.1) is 0 Å². The van der Waals surface area contributed by atoms with Crippen molar-refractivity contribution in [2.45, 2.75) is 20.0 Å². The number of nitrogens with one attached hydrogen (secondary N) is 1. The number of Topliss-reactive ketones (excluding diaryl/α,β-unsaturated/α-hetero) is 1. The van der Waals surface area contributed by atoms with Gasteiger partial charge < -0.3 is 19.9 Å². The molecule has 2 rings (SSSR count). The van der Waals surface area contributed by atoms with E-state index in [9.17, 15) is 14.7 Å². The number of aliphatic hydroxyl groups excluding tert-OH is 1. The van der Waals surface area contributed by atoms with Crippen LogP contribution in [0.3, 0.4) is 0 Å². The Morgan fingerprint density at radius 1 is 0.920 bits per heavy atom. The average Bonchev–Trinajstić information content (AvgIpc) is 2.59. The summed E-state index contributed by atoms with van der Waals surface area (Å²) < 4.78 is 10.9.